The molecule has 2 aromatic rings. The average molecular weight is 380 g/mol. The number of anilines is 3. The normalized spacial score (nSPS) is 19.5. The number of carbonyl (C=O) groups is 2. The Morgan fingerprint density at radius 3 is 2.89 bits per heavy atom. The summed E-state index contributed by atoms with van der Waals surface area (Å²) in [5, 5.41) is 8.69. The SMILES string of the molecule is CC(=O)NC1CCN(c2ccc(N/C=C3\C(=O)Nc4ccccc43)cc2F)C1. The summed E-state index contributed by atoms with van der Waals surface area (Å²) >= 11 is 0. The van der Waals surface area contributed by atoms with Crippen molar-refractivity contribution in [1.29, 1.82) is 0 Å². The lowest BCUT2D eigenvalue weighted by molar-refractivity contribution is -0.119. The minimum absolute atomic E-state index is 0.0420. The molecule has 2 heterocycles. The number of nitrogens with one attached hydrogen (secondary N) is 3. The predicted octanol–water partition coefficient (Wildman–Crippen LogP) is 2.95. The number of benzene rings is 2. The van der Waals surface area contributed by atoms with E-state index in [1.807, 2.05) is 29.2 Å². The lowest BCUT2D eigenvalue weighted by Gasteiger charge is -2.20. The summed E-state index contributed by atoms with van der Waals surface area (Å²) in [7, 11) is 0. The minimum Gasteiger partial charge on any atom is -0.367 e. The van der Waals surface area contributed by atoms with Crippen LogP contribution in [0.1, 0.15) is 18.9 Å². The van der Waals surface area contributed by atoms with Crippen LogP contribution in [0.3, 0.4) is 0 Å². The Hall–Kier alpha value is -3.35. The van der Waals surface area contributed by atoms with E-state index in [2.05, 4.69) is 16.0 Å². The van der Waals surface area contributed by atoms with E-state index in [0.29, 0.717) is 30.0 Å². The molecule has 0 saturated carbocycles. The van der Waals surface area contributed by atoms with Crippen LogP contribution in [0.25, 0.3) is 5.57 Å². The first kappa shape index (κ1) is 18.0. The quantitative estimate of drug-likeness (QED) is 0.713. The zero-order valence-corrected chi connectivity index (χ0v) is 15.5. The van der Waals surface area contributed by atoms with E-state index in [0.717, 1.165) is 17.7 Å². The van der Waals surface area contributed by atoms with Crippen LogP contribution in [0.15, 0.2) is 48.7 Å². The van der Waals surface area contributed by atoms with Gasteiger partial charge in [0.1, 0.15) is 5.82 Å². The van der Waals surface area contributed by atoms with Gasteiger partial charge in [-0.05, 0) is 30.7 Å². The third kappa shape index (κ3) is 3.55. The molecule has 28 heavy (non-hydrogen) atoms. The first-order chi connectivity index (χ1) is 13.5. The zero-order valence-electron chi connectivity index (χ0n) is 15.5. The van der Waals surface area contributed by atoms with Crippen molar-refractivity contribution in [2.45, 2.75) is 19.4 Å². The van der Waals surface area contributed by atoms with Gasteiger partial charge in [0.25, 0.3) is 5.91 Å². The monoisotopic (exact) mass is 380 g/mol. The van der Waals surface area contributed by atoms with E-state index in [1.54, 1.807) is 18.3 Å². The first-order valence-electron chi connectivity index (χ1n) is 9.20. The lowest BCUT2D eigenvalue weighted by atomic mass is 10.1. The van der Waals surface area contributed by atoms with Gasteiger partial charge in [-0.25, -0.2) is 4.39 Å². The van der Waals surface area contributed by atoms with E-state index in [9.17, 15) is 14.0 Å². The third-order valence-electron chi connectivity index (χ3n) is 4.98. The standard InChI is InChI=1S/C21H21FN4O2/c1-13(27)24-15-8-9-26(12-15)20-7-6-14(10-18(20)22)23-11-17-16-4-2-3-5-19(16)25-21(17)28/h2-7,10-11,15,23H,8-9,12H2,1H3,(H,24,27)(H,25,28)/b17-11-. The molecular formula is C21H21FN4O2. The Kier molecular flexibility index (Phi) is 4.73. The molecule has 0 spiro atoms. The van der Waals surface area contributed by atoms with Crippen molar-refractivity contribution in [1.82, 2.24) is 5.32 Å². The van der Waals surface area contributed by atoms with Gasteiger partial charge in [0.15, 0.2) is 0 Å². The molecule has 2 aliphatic heterocycles. The number of fused-ring (bicyclic) bond motifs is 1. The number of carbonyl (C=O) groups excluding carboxylic acids is 2. The van der Waals surface area contributed by atoms with Crippen molar-refractivity contribution in [2.24, 2.45) is 0 Å². The number of hydrogen-bond donors (Lipinski definition) is 3. The molecular weight excluding hydrogens is 359 g/mol. The summed E-state index contributed by atoms with van der Waals surface area (Å²) < 4.78 is 14.6. The molecule has 7 heteroatoms. The van der Waals surface area contributed by atoms with Gasteiger partial charge in [-0.3, -0.25) is 9.59 Å². The summed E-state index contributed by atoms with van der Waals surface area (Å²) in [6.07, 6.45) is 2.39. The van der Waals surface area contributed by atoms with Crippen molar-refractivity contribution >= 4 is 34.4 Å². The molecule has 1 unspecified atom stereocenters. The van der Waals surface area contributed by atoms with Crippen molar-refractivity contribution in [3.8, 4) is 0 Å². The molecule has 1 saturated heterocycles. The van der Waals surface area contributed by atoms with Crippen LogP contribution >= 0.6 is 0 Å². The molecule has 2 amide bonds. The maximum Gasteiger partial charge on any atom is 0.257 e. The van der Waals surface area contributed by atoms with Gasteiger partial charge < -0.3 is 20.9 Å². The maximum absolute atomic E-state index is 14.6. The van der Waals surface area contributed by atoms with Crippen molar-refractivity contribution in [3.63, 3.8) is 0 Å². The highest BCUT2D eigenvalue weighted by atomic mass is 19.1. The summed E-state index contributed by atoms with van der Waals surface area (Å²) in [6.45, 7) is 2.77. The Labute approximate surface area is 162 Å². The van der Waals surface area contributed by atoms with Gasteiger partial charge >= 0.3 is 0 Å². The van der Waals surface area contributed by atoms with Crippen LogP contribution in [-0.4, -0.2) is 30.9 Å². The van der Waals surface area contributed by atoms with Gasteiger partial charge in [0, 0.05) is 49.2 Å². The fourth-order valence-corrected chi connectivity index (χ4v) is 3.68. The topological polar surface area (TPSA) is 73.5 Å². The fourth-order valence-electron chi connectivity index (χ4n) is 3.68. The number of amides is 2. The maximum atomic E-state index is 14.6. The van der Waals surface area contributed by atoms with Gasteiger partial charge in [0.2, 0.25) is 5.91 Å². The zero-order chi connectivity index (χ0) is 19.7. The second-order valence-electron chi connectivity index (χ2n) is 7.00. The molecule has 3 N–H and O–H groups in total. The molecule has 0 aliphatic carbocycles. The Morgan fingerprint density at radius 2 is 2.11 bits per heavy atom. The second-order valence-corrected chi connectivity index (χ2v) is 7.00. The Balaban J connectivity index is 1.47. The Bertz CT molecular complexity index is 973. The molecule has 1 atom stereocenters. The molecule has 6 nitrogen and oxygen atoms in total. The van der Waals surface area contributed by atoms with Crippen LogP contribution in [0.2, 0.25) is 0 Å². The lowest BCUT2D eigenvalue weighted by Crippen LogP contribution is -2.35. The Morgan fingerprint density at radius 1 is 1.29 bits per heavy atom. The van der Waals surface area contributed by atoms with Crippen LogP contribution in [0.5, 0.6) is 0 Å². The number of halogens is 1. The molecule has 2 aliphatic rings. The first-order valence-corrected chi connectivity index (χ1v) is 9.20. The van der Waals surface area contributed by atoms with E-state index in [1.165, 1.54) is 13.0 Å². The van der Waals surface area contributed by atoms with Crippen LogP contribution < -0.4 is 20.9 Å². The van der Waals surface area contributed by atoms with Gasteiger partial charge in [-0.1, -0.05) is 18.2 Å². The highest BCUT2D eigenvalue weighted by Crippen LogP contribution is 2.31. The van der Waals surface area contributed by atoms with Crippen molar-refractivity contribution in [3.05, 3.63) is 60.0 Å². The number of nitrogens with zero attached hydrogens (tertiary/aromatic N) is 1. The second kappa shape index (κ2) is 7.34. The summed E-state index contributed by atoms with van der Waals surface area (Å²) in [5.74, 6) is -0.604. The van der Waals surface area contributed by atoms with Gasteiger partial charge in [-0.2, -0.15) is 0 Å². The third-order valence-corrected chi connectivity index (χ3v) is 4.98. The largest absolute Gasteiger partial charge is 0.367 e. The van der Waals surface area contributed by atoms with E-state index < -0.39 is 0 Å². The van der Waals surface area contributed by atoms with E-state index in [4.69, 9.17) is 0 Å². The minimum atomic E-state index is -0.344. The predicted molar refractivity (Wildman–Crippen MR) is 108 cm³/mol. The van der Waals surface area contributed by atoms with Gasteiger partial charge in [0.05, 0.1) is 11.3 Å². The van der Waals surface area contributed by atoms with Gasteiger partial charge in [-0.15, -0.1) is 0 Å². The summed E-state index contributed by atoms with van der Waals surface area (Å²) in [5.41, 5.74) is 3.17. The number of hydrogen-bond acceptors (Lipinski definition) is 4. The highest BCUT2D eigenvalue weighted by Gasteiger charge is 2.25. The average Bonchev–Trinajstić information content (AvgIpc) is 3.23. The van der Waals surface area contributed by atoms with Crippen molar-refractivity contribution < 1.29 is 14.0 Å². The molecule has 2 aromatic carbocycles. The highest BCUT2D eigenvalue weighted by molar-refractivity contribution is 6.31. The fraction of sp³-hybridized carbons (Fsp3) is 0.238. The summed E-state index contributed by atoms with van der Waals surface area (Å²) in [4.78, 5) is 25.2. The molecule has 0 bridgehead atoms. The number of para-hydroxylation sites is 1. The van der Waals surface area contributed by atoms with Crippen molar-refractivity contribution in [2.75, 3.05) is 28.6 Å². The number of rotatable bonds is 4. The smallest absolute Gasteiger partial charge is 0.257 e. The summed E-state index contributed by atoms with van der Waals surface area (Å²) in [6, 6.07) is 12.4. The van der Waals surface area contributed by atoms with Crippen LogP contribution in [-0.2, 0) is 9.59 Å². The molecule has 144 valence electrons. The van der Waals surface area contributed by atoms with E-state index in [-0.39, 0.29) is 23.7 Å². The molecule has 0 radical (unpaired) electrons. The molecule has 1 fully saturated rings. The molecule has 0 aromatic heterocycles. The van der Waals surface area contributed by atoms with E-state index >= 15 is 0 Å². The molecule has 4 rings (SSSR count). The van der Waals surface area contributed by atoms with Crippen LogP contribution in [0.4, 0.5) is 21.5 Å². The van der Waals surface area contributed by atoms with Crippen LogP contribution in [0, 0.1) is 5.82 Å².